The van der Waals surface area contributed by atoms with E-state index in [9.17, 15) is 4.79 Å². The Balaban J connectivity index is 1.61. The molecular weight excluding hydrogens is 318 g/mol. The van der Waals surface area contributed by atoms with Crippen LogP contribution in [0.1, 0.15) is 58.6 Å². The maximum absolute atomic E-state index is 12.8. The first-order valence-electron chi connectivity index (χ1n) is 9.52. The molecule has 0 aliphatic carbocycles. The first kappa shape index (κ1) is 18.4. The maximum atomic E-state index is 12.8. The summed E-state index contributed by atoms with van der Waals surface area (Å²) in [6.07, 6.45) is 7.00. The van der Waals surface area contributed by atoms with E-state index in [-0.39, 0.29) is 17.4 Å². The smallest absolute Gasteiger partial charge is 0.301 e. The zero-order valence-electron chi connectivity index (χ0n) is 15.7. The fraction of sp³-hybridized carbons (Fsp3) is 0.789. The first-order valence-corrected chi connectivity index (χ1v) is 9.52. The molecule has 1 atom stereocenters. The van der Waals surface area contributed by atoms with Gasteiger partial charge in [0.2, 0.25) is 5.91 Å². The average Bonchev–Trinajstić information content (AvgIpc) is 3.05. The second-order valence-corrected chi connectivity index (χ2v) is 8.34. The minimum atomic E-state index is -0.0909. The molecule has 0 bridgehead atoms. The third-order valence-electron chi connectivity index (χ3n) is 5.25. The van der Waals surface area contributed by atoms with E-state index in [0.717, 1.165) is 57.7 Å². The standard InChI is InChI=1S/C19H31N3O3/c1-19(2,3)16-13-25-18(20-16)21-17(23)15-6-4-5-9-22(15)12-14-7-10-24-11-8-14/h13-15H,4-12H2,1-3H3,(H,20,21,23)/t15-/m0/s1. The number of nitrogens with one attached hydrogen (secondary N) is 1. The van der Waals surface area contributed by atoms with Crippen LogP contribution < -0.4 is 5.32 Å². The molecule has 2 saturated heterocycles. The monoisotopic (exact) mass is 349 g/mol. The molecule has 25 heavy (non-hydrogen) atoms. The van der Waals surface area contributed by atoms with Crippen molar-refractivity contribution in [3.63, 3.8) is 0 Å². The topological polar surface area (TPSA) is 67.6 Å². The minimum absolute atomic E-state index is 0.00840. The van der Waals surface area contributed by atoms with Crippen LogP contribution in [-0.4, -0.2) is 48.1 Å². The minimum Gasteiger partial charge on any atom is -0.432 e. The number of oxazole rings is 1. The predicted octanol–water partition coefficient (Wildman–Crippen LogP) is 3.19. The first-order chi connectivity index (χ1) is 11.9. The van der Waals surface area contributed by atoms with E-state index in [4.69, 9.17) is 9.15 Å². The van der Waals surface area contributed by atoms with Crippen molar-refractivity contribution in [2.24, 2.45) is 5.92 Å². The summed E-state index contributed by atoms with van der Waals surface area (Å²) in [6.45, 7) is 9.91. The number of aromatic nitrogens is 1. The lowest BCUT2D eigenvalue weighted by molar-refractivity contribution is -0.123. The number of hydrogen-bond acceptors (Lipinski definition) is 5. The maximum Gasteiger partial charge on any atom is 0.301 e. The number of rotatable bonds is 4. The Labute approximate surface area is 150 Å². The van der Waals surface area contributed by atoms with Gasteiger partial charge in [-0.2, -0.15) is 4.98 Å². The quantitative estimate of drug-likeness (QED) is 0.904. The van der Waals surface area contributed by atoms with Crippen molar-refractivity contribution in [1.29, 1.82) is 0 Å². The van der Waals surface area contributed by atoms with Gasteiger partial charge in [-0.1, -0.05) is 27.2 Å². The number of anilines is 1. The Bertz CT molecular complexity index is 573. The van der Waals surface area contributed by atoms with Gasteiger partial charge in [-0.15, -0.1) is 0 Å². The molecule has 1 aromatic heterocycles. The van der Waals surface area contributed by atoms with Crippen LogP contribution in [0.15, 0.2) is 10.7 Å². The average molecular weight is 349 g/mol. The predicted molar refractivity (Wildman–Crippen MR) is 96.6 cm³/mol. The second-order valence-electron chi connectivity index (χ2n) is 8.34. The van der Waals surface area contributed by atoms with E-state index in [1.165, 1.54) is 6.42 Å². The van der Waals surface area contributed by atoms with Crippen molar-refractivity contribution in [2.45, 2.75) is 64.3 Å². The summed E-state index contributed by atoms with van der Waals surface area (Å²) >= 11 is 0. The molecule has 0 unspecified atom stereocenters. The van der Waals surface area contributed by atoms with E-state index >= 15 is 0 Å². The van der Waals surface area contributed by atoms with Gasteiger partial charge < -0.3 is 9.15 Å². The Morgan fingerprint density at radius 1 is 1.28 bits per heavy atom. The number of nitrogens with zero attached hydrogens (tertiary/aromatic N) is 2. The summed E-state index contributed by atoms with van der Waals surface area (Å²) < 4.78 is 10.9. The molecule has 6 heteroatoms. The largest absolute Gasteiger partial charge is 0.432 e. The number of ether oxygens (including phenoxy) is 1. The van der Waals surface area contributed by atoms with Crippen molar-refractivity contribution < 1.29 is 13.9 Å². The lowest BCUT2D eigenvalue weighted by Gasteiger charge is -2.37. The van der Waals surface area contributed by atoms with Gasteiger partial charge in [-0.3, -0.25) is 15.0 Å². The number of carbonyl (C=O) groups excluding carboxylic acids is 1. The highest BCUT2D eigenvalue weighted by Crippen LogP contribution is 2.25. The van der Waals surface area contributed by atoms with E-state index in [1.54, 1.807) is 6.26 Å². The van der Waals surface area contributed by atoms with Crippen molar-refractivity contribution in [2.75, 3.05) is 31.6 Å². The number of likely N-dealkylation sites (tertiary alicyclic amines) is 1. The lowest BCUT2D eigenvalue weighted by Crippen LogP contribution is -2.49. The Hall–Kier alpha value is -1.40. The van der Waals surface area contributed by atoms with Crippen LogP contribution in [0.4, 0.5) is 6.01 Å². The third kappa shape index (κ3) is 4.82. The molecule has 1 amide bonds. The van der Waals surface area contributed by atoms with Crippen LogP contribution in [0.25, 0.3) is 0 Å². The Kier molecular flexibility index (Phi) is 5.79. The molecule has 6 nitrogen and oxygen atoms in total. The van der Waals surface area contributed by atoms with Gasteiger partial charge in [0.05, 0.1) is 11.7 Å². The molecule has 140 valence electrons. The zero-order valence-corrected chi connectivity index (χ0v) is 15.7. The highest BCUT2D eigenvalue weighted by molar-refractivity contribution is 5.93. The highest BCUT2D eigenvalue weighted by Gasteiger charge is 2.31. The summed E-state index contributed by atoms with van der Waals surface area (Å²) in [5, 5.41) is 2.89. The molecule has 0 radical (unpaired) electrons. The van der Waals surface area contributed by atoms with E-state index < -0.39 is 0 Å². The van der Waals surface area contributed by atoms with Crippen molar-refractivity contribution in [3.8, 4) is 0 Å². The van der Waals surface area contributed by atoms with Gasteiger partial charge in [-0.25, -0.2) is 0 Å². The van der Waals surface area contributed by atoms with E-state index in [2.05, 4.69) is 36.0 Å². The fourth-order valence-electron chi connectivity index (χ4n) is 3.63. The molecule has 0 aromatic carbocycles. The van der Waals surface area contributed by atoms with Crippen molar-refractivity contribution >= 4 is 11.9 Å². The van der Waals surface area contributed by atoms with Gasteiger partial charge in [0.15, 0.2) is 0 Å². The van der Waals surface area contributed by atoms with Crippen LogP contribution in [0.3, 0.4) is 0 Å². The SMILES string of the molecule is CC(C)(C)c1coc(NC(=O)[C@@H]2CCCCN2CC2CCOCC2)n1. The molecule has 0 saturated carbocycles. The van der Waals surface area contributed by atoms with Gasteiger partial charge >= 0.3 is 6.01 Å². The van der Waals surface area contributed by atoms with Crippen LogP contribution in [0.5, 0.6) is 0 Å². The second kappa shape index (κ2) is 7.87. The van der Waals surface area contributed by atoms with E-state index in [0.29, 0.717) is 11.9 Å². The molecular formula is C19H31N3O3. The molecule has 2 aliphatic rings. The summed E-state index contributed by atoms with van der Waals surface area (Å²) in [5.74, 6) is 0.644. The summed E-state index contributed by atoms with van der Waals surface area (Å²) in [5.41, 5.74) is 0.761. The molecule has 3 heterocycles. The van der Waals surface area contributed by atoms with Crippen molar-refractivity contribution in [3.05, 3.63) is 12.0 Å². The summed E-state index contributed by atoms with van der Waals surface area (Å²) in [7, 11) is 0. The molecule has 2 aliphatic heterocycles. The van der Waals surface area contributed by atoms with Crippen LogP contribution in [-0.2, 0) is 14.9 Å². The molecule has 2 fully saturated rings. The number of carbonyl (C=O) groups is 1. The number of hydrogen-bond donors (Lipinski definition) is 1. The summed E-state index contributed by atoms with van der Waals surface area (Å²) in [6, 6.07) is 0.230. The molecule has 3 rings (SSSR count). The van der Waals surface area contributed by atoms with Gasteiger partial charge in [-0.05, 0) is 38.1 Å². The van der Waals surface area contributed by atoms with Crippen LogP contribution in [0.2, 0.25) is 0 Å². The Morgan fingerprint density at radius 3 is 2.72 bits per heavy atom. The van der Waals surface area contributed by atoms with Gasteiger partial charge in [0, 0.05) is 25.2 Å². The van der Waals surface area contributed by atoms with Crippen molar-refractivity contribution in [1.82, 2.24) is 9.88 Å². The van der Waals surface area contributed by atoms with Gasteiger partial charge in [0.25, 0.3) is 0 Å². The number of piperidine rings is 1. The molecule has 1 aromatic rings. The van der Waals surface area contributed by atoms with Crippen LogP contribution in [0, 0.1) is 5.92 Å². The normalized spacial score (nSPS) is 23.6. The van der Waals surface area contributed by atoms with E-state index in [1.807, 2.05) is 0 Å². The van der Waals surface area contributed by atoms with Crippen LogP contribution >= 0.6 is 0 Å². The third-order valence-corrected chi connectivity index (χ3v) is 5.25. The van der Waals surface area contributed by atoms with Gasteiger partial charge in [0.1, 0.15) is 6.26 Å². The number of amides is 1. The highest BCUT2D eigenvalue weighted by atomic mass is 16.5. The summed E-state index contributed by atoms with van der Waals surface area (Å²) in [4.78, 5) is 19.6. The fourth-order valence-corrected chi connectivity index (χ4v) is 3.63. The lowest BCUT2D eigenvalue weighted by atomic mass is 9.93. The zero-order chi connectivity index (χ0) is 17.9. The molecule has 0 spiro atoms. The Morgan fingerprint density at radius 2 is 2.04 bits per heavy atom. The molecule has 1 N–H and O–H groups in total.